The van der Waals surface area contributed by atoms with Crippen LogP contribution in [0.2, 0.25) is 0 Å². The molecule has 0 saturated carbocycles. The van der Waals surface area contributed by atoms with Crippen molar-refractivity contribution in [2.45, 2.75) is 6.92 Å². The lowest BCUT2D eigenvalue weighted by Gasteiger charge is -2.08. The maximum Gasteiger partial charge on any atom is 0.208 e. The Balaban J connectivity index is 1.81. The number of nitriles is 1. The van der Waals surface area contributed by atoms with Gasteiger partial charge in [0, 0.05) is 23.8 Å². The maximum absolute atomic E-state index is 9.08. The van der Waals surface area contributed by atoms with Gasteiger partial charge in [-0.3, -0.25) is 0 Å². The second-order valence-electron chi connectivity index (χ2n) is 4.36. The van der Waals surface area contributed by atoms with E-state index in [9.17, 15) is 0 Å². The number of hydrogen-bond donors (Lipinski definition) is 1. The molecule has 0 atom stereocenters. The Bertz CT molecular complexity index is 840. The third kappa shape index (κ3) is 3.19. The third-order valence-corrected chi connectivity index (χ3v) is 3.45. The Morgan fingerprint density at radius 2 is 2.14 bits per heavy atom. The molecule has 0 aliphatic carbocycles. The number of para-hydroxylation sites is 1. The van der Waals surface area contributed by atoms with E-state index in [0.29, 0.717) is 33.8 Å². The molecular weight excluding hydrogens is 298 g/mol. The number of nitrogens with one attached hydrogen (secondary N) is 1. The maximum atomic E-state index is 9.08. The van der Waals surface area contributed by atoms with Gasteiger partial charge in [0.1, 0.15) is 29.2 Å². The molecule has 3 aromatic rings. The summed E-state index contributed by atoms with van der Waals surface area (Å²) in [7, 11) is 0. The molecule has 0 saturated heterocycles. The molecule has 0 bridgehead atoms. The Morgan fingerprint density at radius 3 is 2.91 bits per heavy atom. The number of rotatable bonds is 4. The molecule has 3 rings (SSSR count). The summed E-state index contributed by atoms with van der Waals surface area (Å²) in [5.74, 6) is 2.40. The van der Waals surface area contributed by atoms with Gasteiger partial charge in [0.25, 0.3) is 0 Å². The number of hydrogen-bond acceptors (Lipinski definition) is 7. The van der Waals surface area contributed by atoms with E-state index in [-0.39, 0.29) is 0 Å². The molecule has 0 spiro atoms. The van der Waals surface area contributed by atoms with Crippen molar-refractivity contribution in [1.82, 2.24) is 14.3 Å². The van der Waals surface area contributed by atoms with Crippen molar-refractivity contribution in [3.63, 3.8) is 0 Å². The number of pyridine rings is 1. The minimum absolute atomic E-state index is 0.480. The van der Waals surface area contributed by atoms with E-state index in [4.69, 9.17) is 10.00 Å². The van der Waals surface area contributed by atoms with Gasteiger partial charge in [-0.2, -0.15) is 9.64 Å². The largest absolute Gasteiger partial charge is 0.456 e. The molecule has 2 heterocycles. The first kappa shape index (κ1) is 14.0. The second-order valence-corrected chi connectivity index (χ2v) is 5.11. The number of aromatic nitrogens is 3. The molecule has 0 amide bonds. The van der Waals surface area contributed by atoms with Crippen LogP contribution in [-0.4, -0.2) is 14.3 Å². The fourth-order valence-corrected chi connectivity index (χ4v) is 2.36. The Morgan fingerprint density at radius 1 is 1.27 bits per heavy atom. The van der Waals surface area contributed by atoms with E-state index in [1.807, 2.05) is 13.0 Å². The first-order valence-electron chi connectivity index (χ1n) is 6.45. The van der Waals surface area contributed by atoms with E-state index in [1.165, 1.54) is 11.5 Å². The highest BCUT2D eigenvalue weighted by molar-refractivity contribution is 7.09. The van der Waals surface area contributed by atoms with Crippen LogP contribution in [0, 0.1) is 18.3 Å². The van der Waals surface area contributed by atoms with Crippen molar-refractivity contribution in [3.05, 3.63) is 54.0 Å². The van der Waals surface area contributed by atoms with Crippen LogP contribution in [0.3, 0.4) is 0 Å². The molecule has 108 valence electrons. The quantitative estimate of drug-likeness (QED) is 0.792. The minimum Gasteiger partial charge on any atom is -0.456 e. The predicted octanol–water partition coefficient (Wildman–Crippen LogP) is 3.65. The van der Waals surface area contributed by atoms with Crippen LogP contribution in [0.15, 0.2) is 42.6 Å². The van der Waals surface area contributed by atoms with Gasteiger partial charge in [0.05, 0.1) is 5.56 Å². The minimum atomic E-state index is 0.480. The zero-order chi connectivity index (χ0) is 15.4. The molecule has 1 aromatic carbocycles. The van der Waals surface area contributed by atoms with E-state index in [1.54, 1.807) is 36.5 Å². The topological polar surface area (TPSA) is 83.7 Å². The van der Waals surface area contributed by atoms with Crippen molar-refractivity contribution in [2.75, 3.05) is 5.32 Å². The average Bonchev–Trinajstić information content (AvgIpc) is 2.93. The summed E-state index contributed by atoms with van der Waals surface area (Å²) >= 11 is 1.26. The molecule has 0 radical (unpaired) electrons. The number of nitrogens with zero attached hydrogens (tertiary/aromatic N) is 4. The van der Waals surface area contributed by atoms with Crippen molar-refractivity contribution < 1.29 is 4.74 Å². The normalized spacial score (nSPS) is 10.0. The van der Waals surface area contributed by atoms with Crippen LogP contribution in [0.4, 0.5) is 10.9 Å². The van der Waals surface area contributed by atoms with Gasteiger partial charge < -0.3 is 10.1 Å². The molecule has 0 fully saturated rings. The summed E-state index contributed by atoms with van der Waals surface area (Å²) in [6.07, 6.45) is 1.63. The molecule has 0 aliphatic heterocycles. The molecule has 0 aliphatic rings. The predicted molar refractivity (Wildman–Crippen MR) is 83.4 cm³/mol. The highest BCUT2D eigenvalue weighted by Gasteiger charge is 2.06. The number of aryl methyl sites for hydroxylation is 1. The summed E-state index contributed by atoms with van der Waals surface area (Å²) in [4.78, 5) is 8.43. The van der Waals surface area contributed by atoms with Crippen molar-refractivity contribution in [1.29, 1.82) is 5.26 Å². The smallest absolute Gasteiger partial charge is 0.208 e. The standard InChI is InChI=1S/C15H11N5OS/c1-10-18-15(22-20-10)19-14-8-12(6-7-17-14)21-13-5-3-2-4-11(13)9-16/h2-8H,1H3,(H,17,18,19,20). The van der Waals surface area contributed by atoms with Crippen molar-refractivity contribution >= 4 is 22.5 Å². The number of anilines is 2. The van der Waals surface area contributed by atoms with E-state index < -0.39 is 0 Å². The Labute approximate surface area is 131 Å². The summed E-state index contributed by atoms with van der Waals surface area (Å²) in [6.45, 7) is 1.83. The molecule has 0 unspecified atom stereocenters. The van der Waals surface area contributed by atoms with Crippen LogP contribution in [0.25, 0.3) is 0 Å². The molecular formula is C15H11N5OS. The molecule has 2 aromatic heterocycles. The van der Waals surface area contributed by atoms with Gasteiger partial charge >= 0.3 is 0 Å². The highest BCUT2D eigenvalue weighted by atomic mass is 32.1. The van der Waals surface area contributed by atoms with E-state index in [2.05, 4.69) is 25.7 Å². The monoisotopic (exact) mass is 309 g/mol. The summed E-state index contributed by atoms with van der Waals surface area (Å²) in [6, 6.07) is 12.6. The van der Waals surface area contributed by atoms with Gasteiger partial charge in [0.2, 0.25) is 5.13 Å². The van der Waals surface area contributed by atoms with Crippen LogP contribution < -0.4 is 10.1 Å². The van der Waals surface area contributed by atoms with E-state index >= 15 is 0 Å². The fraction of sp³-hybridized carbons (Fsp3) is 0.0667. The number of benzene rings is 1. The van der Waals surface area contributed by atoms with Gasteiger partial charge in [-0.25, -0.2) is 9.97 Å². The van der Waals surface area contributed by atoms with Gasteiger partial charge in [-0.1, -0.05) is 12.1 Å². The van der Waals surface area contributed by atoms with Crippen LogP contribution >= 0.6 is 11.5 Å². The first-order chi connectivity index (χ1) is 10.7. The van der Waals surface area contributed by atoms with Gasteiger partial charge in [-0.15, -0.1) is 0 Å². The Kier molecular flexibility index (Phi) is 3.94. The molecule has 7 heteroatoms. The molecule has 6 nitrogen and oxygen atoms in total. The zero-order valence-electron chi connectivity index (χ0n) is 11.6. The van der Waals surface area contributed by atoms with Crippen molar-refractivity contribution in [2.24, 2.45) is 0 Å². The SMILES string of the molecule is Cc1nsc(Nc2cc(Oc3ccccc3C#N)ccn2)n1. The molecule has 1 N–H and O–H groups in total. The van der Waals surface area contributed by atoms with Crippen molar-refractivity contribution in [3.8, 4) is 17.6 Å². The van der Waals surface area contributed by atoms with Crippen LogP contribution in [0.5, 0.6) is 11.5 Å². The van der Waals surface area contributed by atoms with E-state index in [0.717, 1.165) is 0 Å². The van der Waals surface area contributed by atoms with Gasteiger partial charge in [0.15, 0.2) is 0 Å². The first-order valence-corrected chi connectivity index (χ1v) is 7.22. The summed E-state index contributed by atoms with van der Waals surface area (Å²) in [5.41, 5.74) is 0.480. The zero-order valence-corrected chi connectivity index (χ0v) is 12.5. The lowest BCUT2D eigenvalue weighted by atomic mass is 10.2. The highest BCUT2D eigenvalue weighted by Crippen LogP contribution is 2.27. The number of ether oxygens (including phenoxy) is 1. The fourth-order valence-electron chi connectivity index (χ4n) is 1.78. The third-order valence-electron chi connectivity index (χ3n) is 2.73. The lowest BCUT2D eigenvalue weighted by Crippen LogP contribution is -1.94. The summed E-state index contributed by atoms with van der Waals surface area (Å²) < 4.78 is 9.85. The molecule has 22 heavy (non-hydrogen) atoms. The second kappa shape index (κ2) is 6.20. The average molecular weight is 309 g/mol. The summed E-state index contributed by atoms with van der Waals surface area (Å²) in [5, 5.41) is 12.8. The van der Waals surface area contributed by atoms with Gasteiger partial charge in [-0.05, 0) is 25.1 Å². The van der Waals surface area contributed by atoms with Crippen LogP contribution in [-0.2, 0) is 0 Å². The Hall–Kier alpha value is -2.98. The lowest BCUT2D eigenvalue weighted by molar-refractivity contribution is 0.480. The van der Waals surface area contributed by atoms with Crippen LogP contribution in [0.1, 0.15) is 11.4 Å².